The number of benzene rings is 2. The third kappa shape index (κ3) is 5.84. The number of hydrogen-bond acceptors (Lipinski definition) is 6. The van der Waals surface area contributed by atoms with E-state index in [1.165, 1.54) is 12.1 Å². The molecular formula is C23H22IN5O5. The lowest BCUT2D eigenvalue weighted by molar-refractivity contribution is -0.131. The number of carbonyl (C=O) groups excluding carboxylic acids is 5. The molecule has 0 aliphatic carbocycles. The van der Waals surface area contributed by atoms with Gasteiger partial charge in [0.1, 0.15) is 0 Å². The number of nitrogens with zero attached hydrogens (tertiary/aromatic N) is 2. The average molecular weight is 575 g/mol. The Bertz CT molecular complexity index is 1170. The van der Waals surface area contributed by atoms with Crippen LogP contribution < -0.4 is 21.0 Å². The second kappa shape index (κ2) is 10.1. The summed E-state index contributed by atoms with van der Waals surface area (Å²) in [4.78, 5) is 62.4. The van der Waals surface area contributed by atoms with Gasteiger partial charge in [-0.1, -0.05) is 20.8 Å². The van der Waals surface area contributed by atoms with Crippen molar-refractivity contribution in [3.63, 3.8) is 0 Å². The van der Waals surface area contributed by atoms with E-state index in [2.05, 4.69) is 43.8 Å². The van der Waals surface area contributed by atoms with E-state index in [4.69, 9.17) is 0 Å². The monoisotopic (exact) mass is 575 g/mol. The molecule has 1 aliphatic heterocycles. The second-order valence-electron chi connectivity index (χ2n) is 8.42. The van der Waals surface area contributed by atoms with Crippen LogP contribution in [0.3, 0.4) is 0 Å². The first-order chi connectivity index (χ1) is 16.0. The molecule has 0 spiro atoms. The molecule has 1 heterocycles. The van der Waals surface area contributed by atoms with Crippen molar-refractivity contribution < 1.29 is 24.0 Å². The molecule has 11 heteroatoms. The summed E-state index contributed by atoms with van der Waals surface area (Å²) < 4.78 is 0.910. The van der Waals surface area contributed by atoms with E-state index in [1.54, 1.807) is 57.2 Å². The molecule has 176 valence electrons. The van der Waals surface area contributed by atoms with Crippen LogP contribution in [0.25, 0.3) is 0 Å². The van der Waals surface area contributed by atoms with Crippen molar-refractivity contribution in [2.45, 2.75) is 20.8 Å². The zero-order chi connectivity index (χ0) is 25.0. The number of carbonyl (C=O) groups is 5. The summed E-state index contributed by atoms with van der Waals surface area (Å²) in [6, 6.07) is 11.9. The molecule has 1 saturated heterocycles. The van der Waals surface area contributed by atoms with E-state index in [9.17, 15) is 24.0 Å². The summed E-state index contributed by atoms with van der Waals surface area (Å²) in [5, 5.41) is 8.59. The maximum Gasteiger partial charge on any atom is 0.335 e. The van der Waals surface area contributed by atoms with Gasteiger partial charge in [0.25, 0.3) is 11.8 Å². The van der Waals surface area contributed by atoms with Crippen molar-refractivity contribution >= 4 is 69.8 Å². The van der Waals surface area contributed by atoms with Gasteiger partial charge in [-0.2, -0.15) is 5.10 Å². The Morgan fingerprint density at radius 3 is 2.24 bits per heavy atom. The smallest absolute Gasteiger partial charge is 0.326 e. The van der Waals surface area contributed by atoms with Crippen molar-refractivity contribution in [2.75, 3.05) is 10.2 Å². The fourth-order valence-electron chi connectivity index (χ4n) is 2.81. The third-order valence-electron chi connectivity index (χ3n) is 4.76. The molecular weight excluding hydrogens is 553 g/mol. The van der Waals surface area contributed by atoms with Crippen LogP contribution in [-0.4, -0.2) is 35.9 Å². The highest BCUT2D eigenvalue weighted by atomic mass is 127. The van der Waals surface area contributed by atoms with Crippen LogP contribution in [0.1, 0.15) is 31.1 Å². The minimum atomic E-state index is -1.40. The van der Waals surface area contributed by atoms with Crippen molar-refractivity contribution in [3.8, 4) is 0 Å². The summed E-state index contributed by atoms with van der Waals surface area (Å²) in [6.07, 6.45) is 0.972. The first-order valence-corrected chi connectivity index (χ1v) is 11.2. The van der Waals surface area contributed by atoms with Gasteiger partial charge < -0.3 is 5.32 Å². The molecule has 0 bridgehead atoms. The highest BCUT2D eigenvalue weighted by Crippen LogP contribution is 2.21. The molecule has 6 amide bonds. The van der Waals surface area contributed by atoms with Crippen LogP contribution in [0.5, 0.6) is 0 Å². The van der Waals surface area contributed by atoms with Crippen LogP contribution in [0.2, 0.25) is 0 Å². The number of hydrazone groups is 1. The molecule has 34 heavy (non-hydrogen) atoms. The molecule has 0 saturated carbocycles. The SMILES string of the molecule is CC(C)(C)C(=O)Nc1ccc(C(=O)N/N=C\[C@H]2C(=O)NC(=O)N(c3ccc(I)cc3)C2=O)cc1. The number of urea groups is 1. The lowest BCUT2D eigenvalue weighted by Crippen LogP contribution is -2.58. The van der Waals surface area contributed by atoms with Gasteiger partial charge in [0.15, 0.2) is 5.92 Å². The van der Waals surface area contributed by atoms with Gasteiger partial charge in [-0.05, 0) is 71.1 Å². The zero-order valence-electron chi connectivity index (χ0n) is 18.6. The number of hydrogen-bond donors (Lipinski definition) is 3. The van der Waals surface area contributed by atoms with Crippen molar-refractivity contribution in [3.05, 3.63) is 57.7 Å². The normalized spacial score (nSPS) is 16.4. The molecule has 1 aliphatic rings. The Kier molecular flexibility index (Phi) is 7.44. The van der Waals surface area contributed by atoms with Crippen molar-refractivity contribution in [1.82, 2.24) is 10.7 Å². The third-order valence-corrected chi connectivity index (χ3v) is 5.48. The molecule has 0 radical (unpaired) electrons. The number of anilines is 2. The van der Waals surface area contributed by atoms with Gasteiger partial charge in [0, 0.05) is 26.5 Å². The summed E-state index contributed by atoms with van der Waals surface area (Å²) in [5.41, 5.74) is 2.77. The molecule has 0 aromatic heterocycles. The summed E-state index contributed by atoms with van der Waals surface area (Å²) >= 11 is 2.09. The standard InChI is InChI=1S/C23H22IN5O5/c1-23(2,3)21(33)26-15-8-4-13(5-9-15)18(30)28-25-12-17-19(31)27-22(34)29(20(17)32)16-10-6-14(24)7-11-16/h4-12,17H,1-3H3,(H,26,33)(H,28,30)(H,27,31,34)/b25-12-/t17-/m0/s1. The highest BCUT2D eigenvalue weighted by molar-refractivity contribution is 14.1. The number of nitrogens with one attached hydrogen (secondary N) is 3. The van der Waals surface area contributed by atoms with Gasteiger partial charge in [-0.15, -0.1) is 0 Å². The first-order valence-electron chi connectivity index (χ1n) is 10.2. The Hall–Kier alpha value is -3.61. The average Bonchev–Trinajstić information content (AvgIpc) is 2.77. The largest absolute Gasteiger partial charge is 0.335 e. The highest BCUT2D eigenvalue weighted by Gasteiger charge is 2.40. The van der Waals surface area contributed by atoms with Crippen LogP contribution in [-0.2, 0) is 14.4 Å². The fourth-order valence-corrected chi connectivity index (χ4v) is 3.17. The van der Waals surface area contributed by atoms with E-state index >= 15 is 0 Å². The quantitative estimate of drug-likeness (QED) is 0.218. The van der Waals surface area contributed by atoms with Gasteiger partial charge in [-0.25, -0.2) is 15.1 Å². The summed E-state index contributed by atoms with van der Waals surface area (Å²) in [5.74, 6) is -3.77. The number of amides is 6. The van der Waals surface area contributed by atoms with E-state index in [0.29, 0.717) is 11.4 Å². The Labute approximate surface area is 209 Å². The predicted octanol–water partition coefficient (Wildman–Crippen LogP) is 2.89. The molecule has 0 unspecified atom stereocenters. The van der Waals surface area contributed by atoms with Crippen molar-refractivity contribution in [1.29, 1.82) is 0 Å². The predicted molar refractivity (Wildman–Crippen MR) is 134 cm³/mol. The second-order valence-corrected chi connectivity index (χ2v) is 9.67. The van der Waals surface area contributed by atoms with E-state index in [-0.39, 0.29) is 11.5 Å². The van der Waals surface area contributed by atoms with Crippen molar-refractivity contribution in [2.24, 2.45) is 16.4 Å². The summed E-state index contributed by atoms with van der Waals surface area (Å²) in [6.45, 7) is 5.36. The number of barbiturate groups is 1. The molecule has 2 aromatic rings. The van der Waals surface area contributed by atoms with Crippen LogP contribution in [0.15, 0.2) is 53.6 Å². The number of halogens is 1. The summed E-state index contributed by atoms with van der Waals surface area (Å²) in [7, 11) is 0. The van der Waals surface area contributed by atoms with Crippen LogP contribution >= 0.6 is 22.6 Å². The van der Waals surface area contributed by atoms with E-state index < -0.39 is 35.1 Å². The maximum absolute atomic E-state index is 12.8. The lowest BCUT2D eigenvalue weighted by atomic mass is 9.95. The molecule has 10 nitrogen and oxygen atoms in total. The van der Waals surface area contributed by atoms with E-state index in [1.807, 2.05) is 0 Å². The Morgan fingerprint density at radius 2 is 1.65 bits per heavy atom. The molecule has 1 fully saturated rings. The first kappa shape index (κ1) is 25.0. The molecule has 3 rings (SSSR count). The minimum absolute atomic E-state index is 0.164. The fraction of sp³-hybridized carbons (Fsp3) is 0.217. The minimum Gasteiger partial charge on any atom is -0.326 e. The topological polar surface area (TPSA) is 137 Å². The number of rotatable bonds is 5. The van der Waals surface area contributed by atoms with Crippen LogP contribution in [0.4, 0.5) is 16.2 Å². The van der Waals surface area contributed by atoms with Crippen LogP contribution in [0, 0.1) is 14.9 Å². The molecule has 1 atom stereocenters. The number of imide groups is 2. The van der Waals surface area contributed by atoms with Gasteiger partial charge in [-0.3, -0.25) is 24.5 Å². The zero-order valence-corrected chi connectivity index (χ0v) is 20.7. The Balaban J connectivity index is 1.65. The molecule has 3 N–H and O–H groups in total. The molecule has 2 aromatic carbocycles. The van der Waals surface area contributed by atoms with Gasteiger partial charge >= 0.3 is 6.03 Å². The lowest BCUT2D eigenvalue weighted by Gasteiger charge is -2.28. The van der Waals surface area contributed by atoms with Gasteiger partial charge in [0.05, 0.1) is 5.69 Å². The van der Waals surface area contributed by atoms with Gasteiger partial charge in [0.2, 0.25) is 11.8 Å². The van der Waals surface area contributed by atoms with E-state index in [0.717, 1.165) is 14.7 Å². The maximum atomic E-state index is 12.8. The Morgan fingerprint density at radius 1 is 1.03 bits per heavy atom.